The molecule has 0 amide bonds. The summed E-state index contributed by atoms with van der Waals surface area (Å²) < 4.78 is 15.6. The highest BCUT2D eigenvalue weighted by atomic mass is 16.5. The lowest BCUT2D eigenvalue weighted by molar-refractivity contribution is 0.0370. The largest absolute Gasteiger partial charge is 0.497 e. The number of hydrogen-bond acceptors (Lipinski definition) is 5. The summed E-state index contributed by atoms with van der Waals surface area (Å²) in [6.07, 6.45) is 0. The number of Topliss-reactive ketones (excluding diaryl/α,β-unsaturated/α-hetero) is 1. The van der Waals surface area contributed by atoms with Gasteiger partial charge in [0.15, 0.2) is 5.78 Å². The molecule has 0 aromatic heterocycles. The Hall–Kier alpha value is -1.59. The molecule has 1 saturated heterocycles. The van der Waals surface area contributed by atoms with Crippen molar-refractivity contribution in [1.29, 1.82) is 0 Å². The Bertz CT molecular complexity index is 441. The second-order valence-corrected chi connectivity index (χ2v) is 4.38. The van der Waals surface area contributed by atoms with Gasteiger partial charge in [-0.3, -0.25) is 9.69 Å². The Morgan fingerprint density at radius 1 is 1.26 bits per heavy atom. The summed E-state index contributed by atoms with van der Waals surface area (Å²) in [5, 5.41) is 0. The van der Waals surface area contributed by atoms with Crippen molar-refractivity contribution in [2.45, 2.75) is 0 Å². The number of carbonyl (C=O) groups excluding carboxylic acids is 1. The minimum Gasteiger partial charge on any atom is -0.497 e. The molecule has 0 spiro atoms. The van der Waals surface area contributed by atoms with Gasteiger partial charge in [-0.1, -0.05) is 0 Å². The first-order valence-electron chi connectivity index (χ1n) is 6.30. The van der Waals surface area contributed by atoms with Crippen molar-refractivity contribution >= 4 is 5.78 Å². The van der Waals surface area contributed by atoms with Crippen LogP contribution < -0.4 is 9.47 Å². The van der Waals surface area contributed by atoms with Gasteiger partial charge >= 0.3 is 0 Å². The molecule has 19 heavy (non-hydrogen) atoms. The Kier molecular flexibility index (Phi) is 4.76. The van der Waals surface area contributed by atoms with Gasteiger partial charge < -0.3 is 14.2 Å². The molecule has 1 aliphatic rings. The minimum atomic E-state index is 0.0569. The van der Waals surface area contributed by atoms with Crippen molar-refractivity contribution in [1.82, 2.24) is 4.90 Å². The summed E-state index contributed by atoms with van der Waals surface area (Å²) in [6.45, 7) is 3.36. The van der Waals surface area contributed by atoms with Crippen molar-refractivity contribution in [3.8, 4) is 11.5 Å². The summed E-state index contributed by atoms with van der Waals surface area (Å²) in [5.41, 5.74) is 0.592. The van der Waals surface area contributed by atoms with E-state index in [9.17, 15) is 4.79 Å². The maximum absolute atomic E-state index is 12.3. The van der Waals surface area contributed by atoms with E-state index < -0.39 is 0 Å². The van der Waals surface area contributed by atoms with Crippen molar-refractivity contribution in [3.05, 3.63) is 23.8 Å². The van der Waals surface area contributed by atoms with Crippen LogP contribution in [0.15, 0.2) is 18.2 Å². The van der Waals surface area contributed by atoms with E-state index in [-0.39, 0.29) is 5.78 Å². The Morgan fingerprint density at radius 2 is 2.00 bits per heavy atom. The van der Waals surface area contributed by atoms with Gasteiger partial charge in [0, 0.05) is 19.2 Å². The topological polar surface area (TPSA) is 48.0 Å². The number of morpholine rings is 1. The third-order valence-electron chi connectivity index (χ3n) is 3.18. The Morgan fingerprint density at radius 3 is 2.63 bits per heavy atom. The van der Waals surface area contributed by atoms with E-state index >= 15 is 0 Å². The number of ketones is 1. The van der Waals surface area contributed by atoms with Crippen LogP contribution >= 0.6 is 0 Å². The van der Waals surface area contributed by atoms with E-state index in [1.807, 2.05) is 0 Å². The second kappa shape index (κ2) is 6.54. The van der Waals surface area contributed by atoms with Crippen molar-refractivity contribution in [2.24, 2.45) is 0 Å². The van der Waals surface area contributed by atoms with Crippen LogP contribution in [0.3, 0.4) is 0 Å². The molecule has 0 atom stereocenters. The molecule has 1 aromatic carbocycles. The zero-order valence-electron chi connectivity index (χ0n) is 11.3. The molecule has 0 radical (unpaired) electrons. The smallest absolute Gasteiger partial charge is 0.180 e. The fourth-order valence-corrected chi connectivity index (χ4v) is 2.08. The fourth-order valence-electron chi connectivity index (χ4n) is 2.08. The molecule has 0 aliphatic carbocycles. The summed E-state index contributed by atoms with van der Waals surface area (Å²) >= 11 is 0. The summed E-state index contributed by atoms with van der Waals surface area (Å²) in [7, 11) is 3.14. The van der Waals surface area contributed by atoms with Crippen LogP contribution in [-0.4, -0.2) is 57.8 Å². The van der Waals surface area contributed by atoms with Crippen LogP contribution in [0, 0.1) is 0 Å². The van der Waals surface area contributed by atoms with Gasteiger partial charge in [0.25, 0.3) is 0 Å². The van der Waals surface area contributed by atoms with Gasteiger partial charge in [-0.2, -0.15) is 0 Å². The Balaban J connectivity index is 2.09. The standard InChI is InChI=1S/C14H19NO4/c1-17-11-3-4-12(14(9-11)18-2)13(16)10-15-5-7-19-8-6-15/h3-4,9H,5-8,10H2,1-2H3. The molecule has 1 aliphatic heterocycles. The van der Waals surface area contributed by atoms with Crippen molar-refractivity contribution in [2.75, 3.05) is 47.1 Å². The predicted octanol–water partition coefficient (Wildman–Crippen LogP) is 1.22. The summed E-state index contributed by atoms with van der Waals surface area (Å²) in [6, 6.07) is 5.25. The Labute approximate surface area is 113 Å². The fraction of sp³-hybridized carbons (Fsp3) is 0.500. The third-order valence-corrected chi connectivity index (χ3v) is 3.18. The monoisotopic (exact) mass is 265 g/mol. The van der Waals surface area contributed by atoms with Crippen LogP contribution in [0.2, 0.25) is 0 Å². The molecule has 0 N–H and O–H groups in total. The molecule has 2 rings (SSSR count). The second-order valence-electron chi connectivity index (χ2n) is 4.38. The quantitative estimate of drug-likeness (QED) is 0.749. The lowest BCUT2D eigenvalue weighted by Gasteiger charge is -2.26. The molecule has 0 saturated carbocycles. The lowest BCUT2D eigenvalue weighted by Crippen LogP contribution is -2.39. The van der Waals surface area contributed by atoms with Crippen LogP contribution in [0.4, 0.5) is 0 Å². The van der Waals surface area contributed by atoms with Gasteiger partial charge in [0.05, 0.1) is 39.5 Å². The van der Waals surface area contributed by atoms with Crippen LogP contribution in [-0.2, 0) is 4.74 Å². The highest BCUT2D eigenvalue weighted by Crippen LogP contribution is 2.25. The number of benzene rings is 1. The zero-order valence-corrected chi connectivity index (χ0v) is 11.3. The third kappa shape index (κ3) is 3.45. The molecule has 104 valence electrons. The first kappa shape index (κ1) is 13.8. The van der Waals surface area contributed by atoms with Gasteiger partial charge in [-0.15, -0.1) is 0 Å². The van der Waals surface area contributed by atoms with Crippen LogP contribution in [0.5, 0.6) is 11.5 Å². The van der Waals surface area contributed by atoms with Crippen LogP contribution in [0.25, 0.3) is 0 Å². The number of nitrogens with zero attached hydrogens (tertiary/aromatic N) is 1. The number of rotatable bonds is 5. The summed E-state index contributed by atoms with van der Waals surface area (Å²) in [4.78, 5) is 14.4. The average Bonchev–Trinajstić information content (AvgIpc) is 2.47. The first-order chi connectivity index (χ1) is 9.24. The molecule has 5 heteroatoms. The normalized spacial score (nSPS) is 16.1. The molecule has 0 unspecified atom stereocenters. The SMILES string of the molecule is COc1ccc(C(=O)CN2CCOCC2)c(OC)c1. The van der Waals surface area contributed by atoms with E-state index in [2.05, 4.69) is 4.90 Å². The van der Waals surface area contributed by atoms with Gasteiger partial charge in [0.1, 0.15) is 11.5 Å². The van der Waals surface area contributed by atoms with E-state index in [1.165, 1.54) is 0 Å². The highest BCUT2D eigenvalue weighted by molar-refractivity contribution is 6.00. The maximum atomic E-state index is 12.3. The molecule has 1 fully saturated rings. The van der Waals surface area contributed by atoms with E-state index in [0.29, 0.717) is 36.8 Å². The van der Waals surface area contributed by atoms with E-state index in [1.54, 1.807) is 32.4 Å². The predicted molar refractivity (Wildman–Crippen MR) is 71.1 cm³/mol. The van der Waals surface area contributed by atoms with Crippen molar-refractivity contribution < 1.29 is 19.0 Å². The lowest BCUT2D eigenvalue weighted by atomic mass is 10.1. The van der Waals surface area contributed by atoms with E-state index in [4.69, 9.17) is 14.2 Å². The van der Waals surface area contributed by atoms with E-state index in [0.717, 1.165) is 13.1 Å². The van der Waals surface area contributed by atoms with Gasteiger partial charge in [0.2, 0.25) is 0 Å². The first-order valence-corrected chi connectivity index (χ1v) is 6.30. The molecule has 1 heterocycles. The molecular weight excluding hydrogens is 246 g/mol. The maximum Gasteiger partial charge on any atom is 0.180 e. The van der Waals surface area contributed by atoms with Crippen LogP contribution in [0.1, 0.15) is 10.4 Å². The number of carbonyl (C=O) groups is 1. The minimum absolute atomic E-state index is 0.0569. The molecule has 0 bridgehead atoms. The zero-order chi connectivity index (χ0) is 13.7. The number of hydrogen-bond donors (Lipinski definition) is 0. The summed E-state index contributed by atoms with van der Waals surface area (Å²) in [5.74, 6) is 1.29. The number of ether oxygens (including phenoxy) is 3. The highest BCUT2D eigenvalue weighted by Gasteiger charge is 2.18. The van der Waals surface area contributed by atoms with Gasteiger partial charge in [-0.25, -0.2) is 0 Å². The van der Waals surface area contributed by atoms with Gasteiger partial charge in [-0.05, 0) is 12.1 Å². The van der Waals surface area contributed by atoms with Crippen molar-refractivity contribution in [3.63, 3.8) is 0 Å². The number of methoxy groups -OCH3 is 2. The molecule has 5 nitrogen and oxygen atoms in total. The molecular formula is C14H19NO4. The molecule has 1 aromatic rings. The average molecular weight is 265 g/mol.